The third-order valence-corrected chi connectivity index (χ3v) is 6.77. The number of esters is 1. The maximum Gasteiger partial charge on any atom is 0.310 e. The fourth-order valence-electron chi connectivity index (χ4n) is 3.40. The van der Waals surface area contributed by atoms with E-state index in [0.29, 0.717) is 20.5 Å². The molecule has 0 amide bonds. The summed E-state index contributed by atoms with van der Waals surface area (Å²) in [6, 6.07) is 5.71. The van der Waals surface area contributed by atoms with Crippen molar-refractivity contribution in [2.24, 2.45) is 5.92 Å². The Bertz CT molecular complexity index is 535. The molecule has 0 aromatic heterocycles. The Morgan fingerprint density at radius 1 is 1.30 bits per heavy atom. The van der Waals surface area contributed by atoms with Gasteiger partial charge >= 0.3 is 5.97 Å². The summed E-state index contributed by atoms with van der Waals surface area (Å²) in [5, 5.41) is 2.14. The van der Waals surface area contributed by atoms with Crippen LogP contribution in [-0.4, -0.2) is 23.6 Å². The minimum atomic E-state index is -0.0982. The molecule has 1 unspecified atom stereocenters. The van der Waals surface area contributed by atoms with Crippen LogP contribution in [0.2, 0.25) is 10.0 Å². The molecule has 5 heteroatoms. The largest absolute Gasteiger partial charge is 0.469 e. The lowest BCUT2D eigenvalue weighted by Crippen LogP contribution is -2.35. The van der Waals surface area contributed by atoms with Gasteiger partial charge in [-0.3, -0.25) is 4.79 Å². The first kappa shape index (κ1) is 14.6. The van der Waals surface area contributed by atoms with Crippen LogP contribution in [0, 0.1) is 5.92 Å². The van der Waals surface area contributed by atoms with Crippen molar-refractivity contribution in [1.82, 2.24) is 0 Å². The van der Waals surface area contributed by atoms with Crippen molar-refractivity contribution in [1.29, 1.82) is 0 Å². The first-order valence-corrected chi connectivity index (χ1v) is 8.48. The normalized spacial score (nSPS) is 32.1. The second-order valence-electron chi connectivity index (χ2n) is 5.44. The number of carbonyl (C=O) groups excluding carboxylic acids is 1. The van der Waals surface area contributed by atoms with Gasteiger partial charge in [0.25, 0.3) is 0 Å². The lowest BCUT2D eigenvalue weighted by atomic mass is 9.81. The minimum absolute atomic E-state index is 0.0685. The molecule has 3 rings (SSSR count). The zero-order valence-electron chi connectivity index (χ0n) is 11.1. The number of hydrogen-bond acceptors (Lipinski definition) is 3. The van der Waals surface area contributed by atoms with Gasteiger partial charge in [-0.1, -0.05) is 29.3 Å². The molecule has 2 fully saturated rings. The second kappa shape index (κ2) is 5.78. The molecule has 4 atom stereocenters. The molecule has 108 valence electrons. The second-order valence-corrected chi connectivity index (χ2v) is 7.80. The summed E-state index contributed by atoms with van der Waals surface area (Å²) in [6.07, 6.45) is 3.31. The van der Waals surface area contributed by atoms with Crippen LogP contribution in [0.25, 0.3) is 0 Å². The van der Waals surface area contributed by atoms with Crippen LogP contribution < -0.4 is 0 Å². The molecule has 1 aromatic rings. The van der Waals surface area contributed by atoms with Crippen molar-refractivity contribution in [2.45, 2.75) is 35.7 Å². The van der Waals surface area contributed by atoms with E-state index in [-0.39, 0.29) is 17.8 Å². The van der Waals surface area contributed by atoms with E-state index in [4.69, 9.17) is 27.9 Å². The van der Waals surface area contributed by atoms with Gasteiger partial charge in [-0.05, 0) is 42.9 Å². The van der Waals surface area contributed by atoms with Crippen LogP contribution in [0.3, 0.4) is 0 Å². The van der Waals surface area contributed by atoms with E-state index in [0.717, 1.165) is 18.4 Å². The highest BCUT2D eigenvalue weighted by Gasteiger charge is 2.47. The monoisotopic (exact) mass is 330 g/mol. The third kappa shape index (κ3) is 2.56. The van der Waals surface area contributed by atoms with Gasteiger partial charge in [-0.15, -0.1) is 0 Å². The molecule has 0 spiro atoms. The molecule has 0 radical (unpaired) electrons. The molecule has 2 nitrogen and oxygen atoms in total. The van der Waals surface area contributed by atoms with E-state index >= 15 is 0 Å². The van der Waals surface area contributed by atoms with Gasteiger partial charge in [0.15, 0.2) is 0 Å². The van der Waals surface area contributed by atoms with Crippen LogP contribution in [0.5, 0.6) is 0 Å². The van der Waals surface area contributed by atoms with Crippen LogP contribution in [0.4, 0.5) is 0 Å². The fraction of sp³-hybridized carbons (Fsp3) is 0.533. The van der Waals surface area contributed by atoms with Crippen molar-refractivity contribution in [3.8, 4) is 0 Å². The van der Waals surface area contributed by atoms with E-state index in [2.05, 4.69) is 0 Å². The average Bonchev–Trinajstić information content (AvgIpc) is 2.82. The topological polar surface area (TPSA) is 26.3 Å². The summed E-state index contributed by atoms with van der Waals surface area (Å²) in [5.74, 6) is 0.0240. The number of thioether (sulfide) groups is 1. The maximum atomic E-state index is 12.2. The predicted molar refractivity (Wildman–Crippen MR) is 83.7 cm³/mol. The number of halogens is 2. The van der Waals surface area contributed by atoms with Crippen molar-refractivity contribution in [2.75, 3.05) is 7.11 Å². The molecule has 0 saturated carbocycles. The highest BCUT2D eigenvalue weighted by Crippen LogP contribution is 2.53. The molecule has 1 aromatic carbocycles. The average molecular weight is 331 g/mol. The molecule has 20 heavy (non-hydrogen) atoms. The summed E-state index contributed by atoms with van der Waals surface area (Å²) >= 11 is 14.1. The molecule has 2 saturated heterocycles. The van der Waals surface area contributed by atoms with Gasteiger partial charge < -0.3 is 4.74 Å². The zero-order chi connectivity index (χ0) is 14.3. The molecule has 0 aliphatic carbocycles. The smallest absolute Gasteiger partial charge is 0.310 e. The van der Waals surface area contributed by atoms with E-state index in [1.165, 1.54) is 13.5 Å². The zero-order valence-corrected chi connectivity index (χ0v) is 13.5. The summed E-state index contributed by atoms with van der Waals surface area (Å²) in [4.78, 5) is 12.2. The molecular formula is C15H16Cl2O2S. The van der Waals surface area contributed by atoms with Crippen molar-refractivity contribution in [3.05, 3.63) is 33.8 Å². The minimum Gasteiger partial charge on any atom is -0.469 e. The molecular weight excluding hydrogens is 315 g/mol. The lowest BCUT2D eigenvalue weighted by molar-refractivity contribution is -0.146. The van der Waals surface area contributed by atoms with Crippen molar-refractivity contribution >= 4 is 40.9 Å². The molecule has 2 aliphatic heterocycles. The lowest BCUT2D eigenvalue weighted by Gasteiger charge is -2.34. The Balaban J connectivity index is 1.96. The van der Waals surface area contributed by atoms with E-state index in [1.807, 2.05) is 30.0 Å². The Morgan fingerprint density at radius 3 is 2.80 bits per heavy atom. The summed E-state index contributed by atoms with van der Waals surface area (Å²) in [7, 11) is 1.47. The Labute approximate surface area is 133 Å². The SMILES string of the molecule is COC(=O)[C@@H]1[C@H]2CCC(C[C@H]1c1ccc(Cl)c(Cl)c1)S2. The van der Waals surface area contributed by atoms with Crippen LogP contribution in [0.15, 0.2) is 18.2 Å². The Morgan fingerprint density at radius 2 is 2.10 bits per heavy atom. The van der Waals surface area contributed by atoms with Gasteiger partial charge in [0.2, 0.25) is 0 Å². The summed E-state index contributed by atoms with van der Waals surface area (Å²) in [5.41, 5.74) is 1.10. The van der Waals surface area contributed by atoms with Crippen molar-refractivity contribution < 1.29 is 9.53 Å². The van der Waals surface area contributed by atoms with Gasteiger partial charge in [0, 0.05) is 10.5 Å². The van der Waals surface area contributed by atoms with Gasteiger partial charge in [-0.25, -0.2) is 0 Å². The number of hydrogen-bond donors (Lipinski definition) is 0. The molecule has 2 bridgehead atoms. The summed E-state index contributed by atoms with van der Waals surface area (Å²) in [6.45, 7) is 0. The van der Waals surface area contributed by atoms with Gasteiger partial charge in [0.05, 0.1) is 23.1 Å². The maximum absolute atomic E-state index is 12.2. The van der Waals surface area contributed by atoms with E-state index in [9.17, 15) is 4.79 Å². The summed E-state index contributed by atoms with van der Waals surface area (Å²) < 4.78 is 5.03. The highest BCUT2D eigenvalue weighted by atomic mass is 35.5. The Hall–Kier alpha value is -0.380. The highest BCUT2D eigenvalue weighted by molar-refractivity contribution is 8.00. The van der Waals surface area contributed by atoms with Crippen LogP contribution in [0.1, 0.15) is 30.7 Å². The standard InChI is InChI=1S/C15H16Cl2O2S/c1-19-15(18)14-10(7-9-3-5-13(14)20-9)8-2-4-11(16)12(17)6-8/h2,4,6,9-10,13-14H,3,5,7H2,1H3/t9?,10-,13+,14-/m0/s1. The first-order chi connectivity index (χ1) is 9.60. The quantitative estimate of drug-likeness (QED) is 0.745. The van der Waals surface area contributed by atoms with Gasteiger partial charge in [-0.2, -0.15) is 11.8 Å². The number of fused-ring (bicyclic) bond motifs is 2. The molecule has 2 aliphatic rings. The fourth-order valence-corrected chi connectivity index (χ4v) is 5.53. The third-order valence-electron chi connectivity index (χ3n) is 4.34. The Kier molecular flexibility index (Phi) is 4.21. The van der Waals surface area contributed by atoms with Crippen molar-refractivity contribution in [3.63, 3.8) is 0 Å². The van der Waals surface area contributed by atoms with Crippen LogP contribution in [-0.2, 0) is 9.53 Å². The number of ether oxygens (including phenoxy) is 1. The van der Waals surface area contributed by atoms with E-state index < -0.39 is 0 Å². The number of benzene rings is 1. The van der Waals surface area contributed by atoms with E-state index in [1.54, 1.807) is 0 Å². The predicted octanol–water partition coefficient (Wildman–Crippen LogP) is 4.53. The number of methoxy groups -OCH3 is 1. The molecule has 0 N–H and O–H groups in total. The number of carbonyl (C=O) groups is 1. The van der Waals surface area contributed by atoms with Crippen LogP contribution >= 0.6 is 35.0 Å². The number of rotatable bonds is 2. The molecule has 2 heterocycles. The van der Waals surface area contributed by atoms with Gasteiger partial charge in [0.1, 0.15) is 0 Å². The first-order valence-electron chi connectivity index (χ1n) is 6.78.